The molecule has 1 saturated heterocycles. The molecule has 8 nitrogen and oxygen atoms in total. The van der Waals surface area contributed by atoms with Crippen LogP contribution in [0, 0.1) is 6.92 Å². The molecule has 0 spiro atoms. The number of aryl methyl sites for hydroxylation is 1. The molecule has 3 atom stereocenters. The van der Waals surface area contributed by atoms with Gasteiger partial charge in [-0.1, -0.05) is 120 Å². The number of hydrogen-bond donors (Lipinski definition) is 0. The van der Waals surface area contributed by atoms with Crippen molar-refractivity contribution in [1.29, 1.82) is 0 Å². The number of esters is 1. The lowest BCUT2D eigenvalue weighted by molar-refractivity contribution is -0.148. The molecule has 0 radical (unpaired) electrons. The molecule has 0 amide bonds. The zero-order valence-corrected chi connectivity index (χ0v) is 29.3. The Morgan fingerprint density at radius 1 is 0.889 bits per heavy atom. The van der Waals surface area contributed by atoms with E-state index in [1.807, 2.05) is 23.4 Å². The summed E-state index contributed by atoms with van der Waals surface area (Å²) in [6.45, 7) is 5.52. The van der Waals surface area contributed by atoms with Crippen LogP contribution in [0.2, 0.25) is 0 Å². The van der Waals surface area contributed by atoms with Crippen LogP contribution in [0.5, 0.6) is 0 Å². The van der Waals surface area contributed by atoms with Crippen LogP contribution in [0.15, 0.2) is 40.8 Å². The van der Waals surface area contributed by atoms with Crippen molar-refractivity contribution in [3.8, 4) is 0 Å². The van der Waals surface area contributed by atoms with Gasteiger partial charge in [-0.05, 0) is 50.1 Å². The molecule has 0 aliphatic carbocycles. The van der Waals surface area contributed by atoms with Gasteiger partial charge in [0.2, 0.25) is 5.56 Å². The molecule has 2 heterocycles. The van der Waals surface area contributed by atoms with Crippen molar-refractivity contribution in [1.82, 2.24) is 4.90 Å². The summed E-state index contributed by atoms with van der Waals surface area (Å²) in [7, 11) is -3.85. The van der Waals surface area contributed by atoms with E-state index in [0.29, 0.717) is 26.0 Å². The van der Waals surface area contributed by atoms with Crippen LogP contribution in [0.3, 0.4) is 0 Å². The van der Waals surface area contributed by atoms with Gasteiger partial charge in [-0.2, -0.15) is 8.42 Å². The van der Waals surface area contributed by atoms with E-state index in [9.17, 15) is 13.2 Å². The zero-order chi connectivity index (χ0) is 32.2. The summed E-state index contributed by atoms with van der Waals surface area (Å²) in [6.07, 6.45) is 22.4. The Labute approximate surface area is 277 Å². The summed E-state index contributed by atoms with van der Waals surface area (Å²) < 4.78 is 47.9. The number of unbranched alkanes of at least 4 members (excludes halogenated alkanes) is 14. The molecule has 0 saturated carbocycles. The predicted octanol–water partition coefficient (Wildman–Crippen LogP) is 8.83. The Kier molecular flexibility index (Phi) is 18.6. The van der Waals surface area contributed by atoms with Gasteiger partial charge in [-0.15, -0.1) is 0 Å². The van der Waals surface area contributed by atoms with Crippen LogP contribution in [0.25, 0.3) is 0 Å². The number of ether oxygens (including phenoxy) is 3. The van der Waals surface area contributed by atoms with E-state index in [4.69, 9.17) is 18.4 Å². The summed E-state index contributed by atoms with van der Waals surface area (Å²) in [4.78, 5) is 14.3. The highest BCUT2D eigenvalue weighted by Gasteiger charge is 2.28. The monoisotopic (exact) mass is 667 g/mol. The molecule has 0 bridgehead atoms. The van der Waals surface area contributed by atoms with Gasteiger partial charge in [0.05, 0.1) is 11.5 Å². The molecule has 256 valence electrons. The van der Waals surface area contributed by atoms with Crippen LogP contribution in [0.4, 0.5) is 0 Å². The molecule has 1 aromatic rings. The van der Waals surface area contributed by atoms with Crippen LogP contribution >= 0.6 is 11.8 Å². The van der Waals surface area contributed by atoms with Gasteiger partial charge < -0.3 is 19.1 Å². The number of carbonyl (C=O) groups is 1. The van der Waals surface area contributed by atoms with Crippen LogP contribution in [-0.2, 0) is 33.3 Å². The molecule has 2 aliphatic heterocycles. The van der Waals surface area contributed by atoms with E-state index < -0.39 is 15.7 Å². The Hall–Kier alpha value is -1.59. The van der Waals surface area contributed by atoms with Gasteiger partial charge in [0.1, 0.15) is 12.7 Å². The number of hydrogen-bond acceptors (Lipinski definition) is 9. The Balaban J connectivity index is 1.14. The predicted molar refractivity (Wildman–Crippen MR) is 181 cm³/mol. The fourth-order valence-corrected chi connectivity index (χ4v) is 7.62. The third-order valence-electron chi connectivity index (χ3n) is 8.32. The number of thioether (sulfide) groups is 1. The van der Waals surface area contributed by atoms with E-state index in [1.54, 1.807) is 24.3 Å². The van der Waals surface area contributed by atoms with E-state index >= 15 is 0 Å². The molecule has 45 heavy (non-hydrogen) atoms. The largest absolute Gasteiger partial charge is 0.463 e. The molecular formula is C35H57NO7S2. The standard InChI is InChI=1S/C35H57NO7S2/c1-3-4-5-6-7-8-9-10-11-12-13-14-17-20-34-41-29-31(42-34)28-40-33(37)19-16-15-18-25-36-26-27-44-35(36)43-45(38,39)32-23-21-30(2)22-24-32/h21-24,26-27,31,34-35H,3-20,25,28-29H2,1-2H3. The third-order valence-corrected chi connectivity index (χ3v) is 10.6. The Morgan fingerprint density at radius 2 is 1.51 bits per heavy atom. The van der Waals surface area contributed by atoms with Crippen LogP contribution < -0.4 is 0 Å². The maximum Gasteiger partial charge on any atom is 0.305 e. The van der Waals surface area contributed by atoms with E-state index in [-0.39, 0.29) is 29.9 Å². The normalized spacial score (nSPS) is 19.9. The summed E-state index contributed by atoms with van der Waals surface area (Å²) in [6, 6.07) is 6.64. The first kappa shape index (κ1) is 37.9. The maximum absolute atomic E-state index is 12.7. The Morgan fingerprint density at radius 3 is 2.18 bits per heavy atom. The smallest absolute Gasteiger partial charge is 0.305 e. The highest BCUT2D eigenvalue weighted by atomic mass is 32.2. The topological polar surface area (TPSA) is 91.4 Å². The van der Waals surface area contributed by atoms with E-state index in [1.165, 1.54) is 88.8 Å². The summed E-state index contributed by atoms with van der Waals surface area (Å²) in [5.74, 6) is -0.222. The number of rotatable bonds is 25. The van der Waals surface area contributed by atoms with Crippen molar-refractivity contribution in [3.05, 3.63) is 41.4 Å². The minimum absolute atomic E-state index is 0.152. The minimum atomic E-state index is -3.85. The molecule has 0 aromatic heterocycles. The van der Waals surface area contributed by atoms with Crippen molar-refractivity contribution in [2.45, 2.75) is 152 Å². The van der Waals surface area contributed by atoms with Gasteiger partial charge in [-0.3, -0.25) is 4.79 Å². The van der Waals surface area contributed by atoms with Gasteiger partial charge in [0, 0.05) is 19.2 Å². The van der Waals surface area contributed by atoms with Gasteiger partial charge >= 0.3 is 5.97 Å². The molecule has 2 aliphatic rings. The fraction of sp³-hybridized carbons (Fsp3) is 0.743. The second-order valence-corrected chi connectivity index (χ2v) is 14.9. The van der Waals surface area contributed by atoms with Crippen LogP contribution in [0.1, 0.15) is 128 Å². The summed E-state index contributed by atoms with van der Waals surface area (Å²) in [5.41, 5.74) is 0.365. The van der Waals surface area contributed by atoms with Crippen molar-refractivity contribution in [2.75, 3.05) is 19.8 Å². The van der Waals surface area contributed by atoms with E-state index in [2.05, 4.69) is 6.92 Å². The van der Waals surface area contributed by atoms with Gasteiger partial charge in [-0.25, -0.2) is 4.18 Å². The quantitative estimate of drug-likeness (QED) is 0.0576. The molecule has 10 heteroatoms. The molecule has 1 aromatic carbocycles. The average Bonchev–Trinajstić information content (AvgIpc) is 3.67. The fourth-order valence-electron chi connectivity index (χ4n) is 5.53. The molecule has 3 unspecified atom stereocenters. The number of carbonyl (C=O) groups excluding carboxylic acids is 1. The molecule has 0 N–H and O–H groups in total. The van der Waals surface area contributed by atoms with Gasteiger partial charge in [0.25, 0.3) is 10.1 Å². The lowest BCUT2D eigenvalue weighted by atomic mass is 10.0. The SMILES string of the molecule is CCCCCCCCCCCCCCCC1OCC(COC(=O)CCCCCN2C=CSC2OS(=O)(=O)c2ccc(C)cc2)O1. The highest BCUT2D eigenvalue weighted by Crippen LogP contribution is 2.30. The second kappa shape index (κ2) is 22.1. The third kappa shape index (κ3) is 15.7. The van der Waals surface area contributed by atoms with Crippen molar-refractivity contribution in [3.63, 3.8) is 0 Å². The first-order valence-electron chi connectivity index (χ1n) is 17.4. The second-order valence-electron chi connectivity index (χ2n) is 12.4. The van der Waals surface area contributed by atoms with Crippen molar-refractivity contribution in [2.24, 2.45) is 0 Å². The molecule has 1 fully saturated rings. The highest BCUT2D eigenvalue weighted by molar-refractivity contribution is 8.03. The van der Waals surface area contributed by atoms with Crippen LogP contribution in [-0.4, -0.2) is 57.0 Å². The van der Waals surface area contributed by atoms with Gasteiger partial charge in [0.15, 0.2) is 6.29 Å². The lowest BCUT2D eigenvalue weighted by Crippen LogP contribution is -2.30. The summed E-state index contributed by atoms with van der Waals surface area (Å²) >= 11 is 1.32. The van der Waals surface area contributed by atoms with Crippen molar-refractivity contribution < 1.29 is 31.6 Å². The molecule has 3 rings (SSSR count). The van der Waals surface area contributed by atoms with E-state index in [0.717, 1.165) is 31.2 Å². The average molecular weight is 668 g/mol. The zero-order valence-electron chi connectivity index (χ0n) is 27.7. The Bertz CT molecular complexity index is 1080. The first-order valence-corrected chi connectivity index (χ1v) is 19.7. The number of nitrogens with zero attached hydrogens (tertiary/aromatic N) is 1. The first-order chi connectivity index (χ1) is 21.9. The summed E-state index contributed by atoms with van der Waals surface area (Å²) in [5, 5.41) is 1.84. The van der Waals surface area contributed by atoms with Crippen molar-refractivity contribution >= 4 is 27.8 Å². The minimum Gasteiger partial charge on any atom is -0.463 e. The number of benzene rings is 1. The molecular weight excluding hydrogens is 611 g/mol. The maximum atomic E-state index is 12.7. The lowest BCUT2D eigenvalue weighted by Gasteiger charge is -2.24.